The number of nitrogens with zero attached hydrogens (tertiary/aromatic N) is 2. The molecule has 0 spiro atoms. The summed E-state index contributed by atoms with van der Waals surface area (Å²) in [5.74, 6) is -1.28. The summed E-state index contributed by atoms with van der Waals surface area (Å²) < 4.78 is 68.4. The van der Waals surface area contributed by atoms with Gasteiger partial charge in [-0.25, -0.2) is 13.6 Å². The van der Waals surface area contributed by atoms with E-state index in [1.165, 1.54) is 0 Å². The Balaban J connectivity index is 1.86. The van der Waals surface area contributed by atoms with Gasteiger partial charge in [-0.15, -0.1) is 4.68 Å². The molecule has 1 aliphatic heterocycles. The van der Waals surface area contributed by atoms with Crippen LogP contribution >= 0.6 is 0 Å². The molecule has 1 N–H and O–H groups in total. The molecule has 0 fully saturated rings. The highest BCUT2D eigenvalue weighted by Crippen LogP contribution is 2.29. The Bertz CT molecular complexity index is 1060. The largest absolute Gasteiger partial charge is 0.416 e. The lowest BCUT2D eigenvalue weighted by Crippen LogP contribution is -2.44. The van der Waals surface area contributed by atoms with Gasteiger partial charge in [-0.05, 0) is 42.8 Å². The molecule has 0 unspecified atom stereocenters. The average molecular weight is 368 g/mol. The minimum absolute atomic E-state index is 0.0889. The molecule has 3 aromatic rings. The van der Waals surface area contributed by atoms with Crippen molar-refractivity contribution in [3.05, 3.63) is 75.2 Å². The number of aromatic nitrogens is 3. The molecule has 0 amide bonds. The second-order valence-corrected chi connectivity index (χ2v) is 5.92. The zero-order valence-corrected chi connectivity index (χ0v) is 13.1. The number of hydrogen-bond donors (Lipinski definition) is 1. The van der Waals surface area contributed by atoms with E-state index in [1.807, 2.05) is 0 Å². The minimum atomic E-state index is -4.49. The summed E-state index contributed by atoms with van der Waals surface area (Å²) in [6, 6.07) is 5.95. The van der Waals surface area contributed by atoms with Gasteiger partial charge in [0.1, 0.15) is 5.82 Å². The number of fused-ring (bicyclic) bond motifs is 3. The fraction of sp³-hybridized carbons (Fsp3) is 0.176. The van der Waals surface area contributed by atoms with E-state index >= 15 is 0 Å². The van der Waals surface area contributed by atoms with Crippen molar-refractivity contribution in [2.75, 3.05) is 0 Å². The number of aromatic amines is 1. The third kappa shape index (κ3) is 2.42. The van der Waals surface area contributed by atoms with E-state index in [2.05, 4.69) is 5.21 Å². The lowest BCUT2D eigenvalue weighted by molar-refractivity contribution is -0.672. The first-order valence-corrected chi connectivity index (χ1v) is 7.68. The SMILES string of the molecule is O=c1c2[n+]([nH]n1-c1ccc(C(F)(F)F)cc1)-c1c(F)ccc(F)c1CC2. The standard InChI is InChI=1S/C17H10F5N3O/c18-12-6-7-13(19)15-11(12)5-8-14-16(26)24(23-25(14)15)10-3-1-9(2-4-10)17(20,21)22/h1-4,6-7H,5,8H2/p+1. The molecule has 134 valence electrons. The topological polar surface area (TPSA) is 41.7 Å². The van der Waals surface area contributed by atoms with E-state index in [-0.39, 0.29) is 35.5 Å². The lowest BCUT2D eigenvalue weighted by Gasteiger charge is -2.12. The van der Waals surface area contributed by atoms with Gasteiger partial charge in [0.15, 0.2) is 17.2 Å². The summed E-state index contributed by atoms with van der Waals surface area (Å²) in [5.41, 5.74) is -0.974. The van der Waals surface area contributed by atoms with Crippen LogP contribution in [0.25, 0.3) is 11.4 Å². The van der Waals surface area contributed by atoms with Gasteiger partial charge in [-0.3, -0.25) is 0 Å². The number of nitrogens with one attached hydrogen (secondary N) is 1. The molecule has 4 rings (SSSR count). The monoisotopic (exact) mass is 368 g/mol. The highest BCUT2D eigenvalue weighted by atomic mass is 19.4. The minimum Gasteiger partial charge on any atom is -0.234 e. The fourth-order valence-electron chi connectivity index (χ4n) is 3.11. The molecule has 2 heterocycles. The maximum atomic E-state index is 14.2. The summed E-state index contributed by atoms with van der Waals surface area (Å²) in [6.07, 6.45) is -4.16. The third-order valence-electron chi connectivity index (χ3n) is 4.38. The van der Waals surface area contributed by atoms with Gasteiger partial charge in [0.05, 0.1) is 5.56 Å². The summed E-state index contributed by atoms with van der Waals surface area (Å²) in [4.78, 5) is 12.6. The van der Waals surface area contributed by atoms with Crippen LogP contribution < -0.4 is 10.2 Å². The molecule has 1 aliphatic rings. The van der Waals surface area contributed by atoms with Crippen LogP contribution in [-0.4, -0.2) is 9.90 Å². The molecule has 1 aromatic heterocycles. The van der Waals surface area contributed by atoms with Gasteiger partial charge < -0.3 is 0 Å². The molecule has 0 saturated heterocycles. The summed E-state index contributed by atoms with van der Waals surface area (Å²) in [7, 11) is 0. The number of halogens is 5. The Kier molecular flexibility index (Phi) is 3.50. The van der Waals surface area contributed by atoms with Gasteiger partial charge in [0.25, 0.3) is 0 Å². The average Bonchev–Trinajstić information content (AvgIpc) is 2.94. The van der Waals surface area contributed by atoms with Crippen molar-refractivity contribution < 1.29 is 26.6 Å². The molecule has 0 saturated carbocycles. The van der Waals surface area contributed by atoms with Gasteiger partial charge in [0.2, 0.25) is 5.69 Å². The molecule has 0 atom stereocenters. The second-order valence-electron chi connectivity index (χ2n) is 5.92. The number of alkyl halides is 3. The fourth-order valence-corrected chi connectivity index (χ4v) is 3.11. The van der Waals surface area contributed by atoms with E-state index < -0.39 is 28.9 Å². The highest BCUT2D eigenvalue weighted by molar-refractivity contribution is 5.39. The summed E-state index contributed by atoms with van der Waals surface area (Å²) >= 11 is 0. The van der Waals surface area contributed by atoms with Crippen LogP contribution in [0, 0.1) is 11.6 Å². The molecule has 9 heteroatoms. The predicted octanol–water partition coefficient (Wildman–Crippen LogP) is 2.84. The first kappa shape index (κ1) is 16.5. The van der Waals surface area contributed by atoms with Crippen LogP contribution in [0.1, 0.15) is 16.8 Å². The molecule has 26 heavy (non-hydrogen) atoms. The van der Waals surface area contributed by atoms with Crippen LogP contribution in [0.15, 0.2) is 41.2 Å². The van der Waals surface area contributed by atoms with Crippen molar-refractivity contribution in [1.29, 1.82) is 0 Å². The molecule has 0 bridgehead atoms. The second kappa shape index (κ2) is 5.52. The van der Waals surface area contributed by atoms with Gasteiger partial charge in [-0.2, -0.15) is 13.2 Å². The number of hydrogen-bond acceptors (Lipinski definition) is 1. The van der Waals surface area contributed by atoms with E-state index in [9.17, 15) is 26.7 Å². The van der Waals surface area contributed by atoms with E-state index in [0.29, 0.717) is 0 Å². The molecule has 2 aromatic carbocycles. The van der Waals surface area contributed by atoms with E-state index in [4.69, 9.17) is 0 Å². The predicted molar refractivity (Wildman–Crippen MR) is 80.2 cm³/mol. The molecular formula is C17H11F5N3O+. The Morgan fingerprint density at radius 3 is 2.27 bits per heavy atom. The molecule has 0 radical (unpaired) electrons. The van der Waals surface area contributed by atoms with E-state index in [1.54, 1.807) is 0 Å². The third-order valence-corrected chi connectivity index (χ3v) is 4.38. The normalized spacial score (nSPS) is 13.4. The van der Waals surface area contributed by atoms with Crippen molar-refractivity contribution in [3.63, 3.8) is 0 Å². The van der Waals surface area contributed by atoms with E-state index in [0.717, 1.165) is 45.8 Å². The van der Waals surface area contributed by atoms with Crippen molar-refractivity contribution in [3.8, 4) is 11.4 Å². The smallest absolute Gasteiger partial charge is 0.234 e. The maximum absolute atomic E-state index is 14.2. The quantitative estimate of drug-likeness (QED) is 0.521. The number of benzene rings is 2. The molecule has 0 aliphatic carbocycles. The number of rotatable bonds is 1. The summed E-state index contributed by atoms with van der Waals surface area (Å²) in [5, 5.41) is 2.63. The zero-order valence-electron chi connectivity index (χ0n) is 13.1. The van der Waals surface area contributed by atoms with Crippen LogP contribution in [0.2, 0.25) is 0 Å². The van der Waals surface area contributed by atoms with Crippen molar-refractivity contribution in [2.24, 2.45) is 0 Å². The van der Waals surface area contributed by atoms with Crippen LogP contribution in [0.5, 0.6) is 0 Å². The van der Waals surface area contributed by atoms with Crippen LogP contribution in [-0.2, 0) is 19.0 Å². The molecule has 4 nitrogen and oxygen atoms in total. The molecular weight excluding hydrogens is 357 g/mol. The number of H-pyrrole nitrogens is 1. The highest BCUT2D eigenvalue weighted by Gasteiger charge is 2.34. The first-order chi connectivity index (χ1) is 12.3. The van der Waals surface area contributed by atoms with Gasteiger partial charge in [0, 0.05) is 12.0 Å². The zero-order chi connectivity index (χ0) is 18.6. The Morgan fingerprint density at radius 1 is 0.962 bits per heavy atom. The lowest BCUT2D eigenvalue weighted by atomic mass is 10.0. The summed E-state index contributed by atoms with van der Waals surface area (Å²) in [6.45, 7) is 0. The Morgan fingerprint density at radius 2 is 1.62 bits per heavy atom. The Hall–Kier alpha value is -2.97. The van der Waals surface area contributed by atoms with Crippen LogP contribution in [0.3, 0.4) is 0 Å². The first-order valence-electron chi connectivity index (χ1n) is 7.68. The Labute approximate surface area is 143 Å². The van der Waals surface area contributed by atoms with Gasteiger partial charge >= 0.3 is 11.7 Å². The van der Waals surface area contributed by atoms with Crippen molar-refractivity contribution in [1.82, 2.24) is 9.90 Å². The van der Waals surface area contributed by atoms with Gasteiger partial charge in [-0.1, -0.05) is 9.90 Å². The van der Waals surface area contributed by atoms with Crippen molar-refractivity contribution in [2.45, 2.75) is 19.0 Å². The van der Waals surface area contributed by atoms with Crippen LogP contribution in [0.4, 0.5) is 22.0 Å². The van der Waals surface area contributed by atoms with Crippen molar-refractivity contribution >= 4 is 0 Å². The maximum Gasteiger partial charge on any atom is 0.416 e.